The van der Waals surface area contributed by atoms with Crippen LogP contribution in [0.15, 0.2) is 93.3 Å². The molecule has 3 aromatic carbocycles. The normalized spacial score (nSPS) is 12.3. The largest absolute Gasteiger partial charge is 0.491 e. The third-order valence-electron chi connectivity index (χ3n) is 10.5. The number of carboxylic acid groups (broad SMARTS) is 2. The van der Waals surface area contributed by atoms with Gasteiger partial charge in [-0.05, 0) is 74.3 Å². The minimum atomic E-state index is -1.11. The first-order valence-corrected chi connectivity index (χ1v) is 21.0. The van der Waals surface area contributed by atoms with Crippen LogP contribution in [0.25, 0.3) is 0 Å². The number of nitro benzene ring substituents is 2. The standard InChI is InChI=1S/C45H59N7O10/c1-8-12-14-33(10-3)28-61-42-27-40(49-47-38-19-17-36(51(57)58)25-41(38)52(59)60)43(62-29-34(11-4)15-13-9-2)26-39(42)48-46-37-18-16-35(24-32(37)7)50(22-20-30(5)44(53)54)23-21-31(6)45(55)56/h16-19,24-27,33-34H,5-6,8-15,20-23,28-29H2,1-4,7H3,(H,53,54)(H,55,56). The highest BCUT2D eigenvalue weighted by Gasteiger charge is 2.22. The summed E-state index contributed by atoms with van der Waals surface area (Å²) in [6.45, 7) is 18.8. The van der Waals surface area contributed by atoms with Gasteiger partial charge in [-0.1, -0.05) is 79.4 Å². The third kappa shape index (κ3) is 15.5. The summed E-state index contributed by atoms with van der Waals surface area (Å²) in [4.78, 5) is 46.6. The Kier molecular flexibility index (Phi) is 20.3. The summed E-state index contributed by atoms with van der Waals surface area (Å²) < 4.78 is 12.8. The number of carboxylic acids is 2. The first kappa shape index (κ1) is 49.8. The van der Waals surface area contributed by atoms with Crippen LogP contribution in [0.4, 0.5) is 39.8 Å². The zero-order chi connectivity index (χ0) is 45.8. The predicted molar refractivity (Wildman–Crippen MR) is 238 cm³/mol. The Hall–Kier alpha value is -6.52. The molecule has 334 valence electrons. The Labute approximate surface area is 362 Å². The van der Waals surface area contributed by atoms with Gasteiger partial charge in [-0.2, -0.15) is 5.11 Å². The van der Waals surface area contributed by atoms with Crippen molar-refractivity contribution in [2.45, 2.75) is 98.8 Å². The van der Waals surface area contributed by atoms with Gasteiger partial charge in [-0.3, -0.25) is 20.2 Å². The number of ether oxygens (including phenoxy) is 2. The second kappa shape index (κ2) is 25.3. The van der Waals surface area contributed by atoms with Gasteiger partial charge >= 0.3 is 17.6 Å². The molecule has 0 heterocycles. The summed E-state index contributed by atoms with van der Waals surface area (Å²) in [5.74, 6) is -1.15. The molecule has 0 saturated carbocycles. The molecule has 0 aliphatic carbocycles. The molecule has 0 aromatic heterocycles. The molecular weight excluding hydrogens is 799 g/mol. The van der Waals surface area contributed by atoms with E-state index in [1.807, 2.05) is 17.9 Å². The summed E-state index contributed by atoms with van der Waals surface area (Å²) in [7, 11) is 0. The van der Waals surface area contributed by atoms with E-state index in [2.05, 4.69) is 61.3 Å². The van der Waals surface area contributed by atoms with E-state index < -0.39 is 33.2 Å². The fourth-order valence-electron chi connectivity index (χ4n) is 6.28. The number of non-ortho nitro benzene ring substituents is 1. The van der Waals surface area contributed by atoms with Crippen LogP contribution in [-0.4, -0.2) is 58.3 Å². The number of aryl methyl sites for hydroxylation is 1. The number of rotatable bonds is 29. The average Bonchev–Trinajstić information content (AvgIpc) is 3.25. The number of nitro groups is 2. The van der Waals surface area contributed by atoms with Crippen molar-refractivity contribution in [1.29, 1.82) is 0 Å². The van der Waals surface area contributed by atoms with Crippen LogP contribution in [0.1, 0.15) is 97.5 Å². The van der Waals surface area contributed by atoms with Crippen molar-refractivity contribution in [1.82, 2.24) is 0 Å². The monoisotopic (exact) mass is 857 g/mol. The van der Waals surface area contributed by atoms with Gasteiger partial charge in [0.25, 0.3) is 5.69 Å². The second-order valence-electron chi connectivity index (χ2n) is 15.1. The highest BCUT2D eigenvalue weighted by molar-refractivity contribution is 5.86. The molecule has 2 N–H and O–H groups in total. The highest BCUT2D eigenvalue weighted by Crippen LogP contribution is 2.43. The van der Waals surface area contributed by atoms with E-state index in [0.717, 1.165) is 69.1 Å². The Morgan fingerprint density at radius 3 is 1.58 bits per heavy atom. The van der Waals surface area contributed by atoms with Gasteiger partial charge in [0.05, 0.1) is 34.8 Å². The van der Waals surface area contributed by atoms with Gasteiger partial charge in [0.1, 0.15) is 22.9 Å². The maximum Gasteiger partial charge on any atom is 0.331 e. The van der Waals surface area contributed by atoms with Crippen LogP contribution < -0.4 is 14.4 Å². The maximum atomic E-state index is 11.9. The Balaban J connectivity index is 2.15. The lowest BCUT2D eigenvalue weighted by Crippen LogP contribution is -2.27. The third-order valence-corrected chi connectivity index (χ3v) is 10.5. The van der Waals surface area contributed by atoms with Crippen LogP contribution in [0.2, 0.25) is 0 Å². The summed E-state index contributed by atoms with van der Waals surface area (Å²) >= 11 is 0. The lowest BCUT2D eigenvalue weighted by molar-refractivity contribution is -0.393. The van der Waals surface area contributed by atoms with E-state index in [1.165, 1.54) is 6.07 Å². The fraction of sp³-hybridized carbons (Fsp3) is 0.467. The van der Waals surface area contributed by atoms with E-state index in [0.29, 0.717) is 36.0 Å². The van der Waals surface area contributed by atoms with Crippen molar-refractivity contribution in [3.63, 3.8) is 0 Å². The molecule has 3 rings (SSSR count). The zero-order valence-corrected chi connectivity index (χ0v) is 36.4. The molecular formula is C45H59N7O10. The molecule has 0 bridgehead atoms. The number of carbonyl (C=O) groups is 2. The van der Waals surface area contributed by atoms with Crippen LogP contribution in [0.3, 0.4) is 0 Å². The summed E-state index contributed by atoms with van der Waals surface area (Å²) in [5.41, 5.74) is 1.32. The molecule has 62 heavy (non-hydrogen) atoms. The number of anilines is 1. The lowest BCUT2D eigenvalue weighted by atomic mass is 10.0. The molecule has 0 saturated heterocycles. The van der Waals surface area contributed by atoms with Gasteiger partial charge in [-0.15, -0.1) is 15.3 Å². The van der Waals surface area contributed by atoms with Gasteiger partial charge in [0.15, 0.2) is 5.69 Å². The molecule has 17 nitrogen and oxygen atoms in total. The molecule has 2 unspecified atom stereocenters. The first-order valence-electron chi connectivity index (χ1n) is 21.0. The Morgan fingerprint density at radius 1 is 0.694 bits per heavy atom. The summed E-state index contributed by atoms with van der Waals surface area (Å²) in [6, 6.07) is 11.8. The summed E-state index contributed by atoms with van der Waals surface area (Å²) in [5, 5.41) is 59.8. The molecule has 3 aromatic rings. The van der Waals surface area contributed by atoms with E-state index in [9.17, 15) is 40.0 Å². The van der Waals surface area contributed by atoms with Crippen molar-refractivity contribution in [2.75, 3.05) is 31.2 Å². The van der Waals surface area contributed by atoms with Crippen molar-refractivity contribution in [3.8, 4) is 11.5 Å². The number of hydrogen-bond donors (Lipinski definition) is 2. The maximum absolute atomic E-state index is 11.9. The summed E-state index contributed by atoms with van der Waals surface area (Å²) in [6.07, 6.45) is 8.04. The van der Waals surface area contributed by atoms with Gasteiger partial charge < -0.3 is 24.6 Å². The minimum absolute atomic E-state index is 0.0255. The number of azo groups is 2. The zero-order valence-electron chi connectivity index (χ0n) is 36.4. The van der Waals surface area contributed by atoms with Crippen LogP contribution in [0.5, 0.6) is 11.5 Å². The number of aliphatic carboxylic acids is 2. The molecule has 2 atom stereocenters. The number of unbranched alkanes of at least 4 members (excludes halogenated alkanes) is 2. The fourth-order valence-corrected chi connectivity index (χ4v) is 6.28. The van der Waals surface area contributed by atoms with Gasteiger partial charge in [-0.25, -0.2) is 9.59 Å². The van der Waals surface area contributed by atoms with Crippen LogP contribution >= 0.6 is 0 Å². The van der Waals surface area contributed by atoms with Crippen molar-refractivity contribution >= 4 is 51.8 Å². The van der Waals surface area contributed by atoms with E-state index in [-0.39, 0.29) is 66.0 Å². The number of benzene rings is 3. The Morgan fingerprint density at radius 2 is 1.16 bits per heavy atom. The van der Waals surface area contributed by atoms with Gasteiger partial charge in [0.2, 0.25) is 0 Å². The molecule has 17 heteroatoms. The molecule has 0 aliphatic heterocycles. The molecule has 0 aliphatic rings. The Bertz CT molecular complexity index is 2090. The van der Waals surface area contributed by atoms with Crippen molar-refractivity contribution in [3.05, 3.63) is 98.6 Å². The second-order valence-corrected chi connectivity index (χ2v) is 15.1. The van der Waals surface area contributed by atoms with E-state index in [1.54, 1.807) is 24.3 Å². The van der Waals surface area contributed by atoms with Crippen LogP contribution in [-0.2, 0) is 9.59 Å². The SMILES string of the molecule is C=C(CCN(CCC(=C)C(=O)O)c1ccc(N=Nc2cc(OCC(CC)CCCC)c(N=Nc3ccc([N+](=O)[O-])cc3[N+](=O)[O-])cc2OCC(CC)CCCC)c(C)c1)C(=O)O. The van der Waals surface area contributed by atoms with Crippen LogP contribution in [0, 0.1) is 39.0 Å². The number of nitrogens with zero attached hydrogens (tertiary/aromatic N) is 7. The predicted octanol–water partition coefficient (Wildman–Crippen LogP) is 12.7. The topological polar surface area (TPSA) is 232 Å². The van der Waals surface area contributed by atoms with E-state index in [4.69, 9.17) is 9.47 Å². The van der Waals surface area contributed by atoms with Crippen molar-refractivity contribution in [2.24, 2.45) is 32.3 Å². The molecule has 0 spiro atoms. The van der Waals surface area contributed by atoms with Gasteiger partial charge in [0, 0.05) is 48.1 Å². The average molecular weight is 858 g/mol. The quantitative estimate of drug-likeness (QED) is 0.0288. The van der Waals surface area contributed by atoms with Crippen molar-refractivity contribution < 1.29 is 39.1 Å². The first-order chi connectivity index (χ1) is 29.6. The highest BCUT2D eigenvalue weighted by atomic mass is 16.6. The molecule has 0 amide bonds. The lowest BCUT2D eigenvalue weighted by Gasteiger charge is -2.25. The minimum Gasteiger partial charge on any atom is -0.491 e. The smallest absolute Gasteiger partial charge is 0.331 e. The van der Waals surface area contributed by atoms with E-state index >= 15 is 0 Å². The number of hydrogen-bond acceptors (Lipinski definition) is 13. The molecule has 0 radical (unpaired) electrons. The molecule has 0 fully saturated rings.